The average molecular weight is 237 g/mol. The van der Waals surface area contributed by atoms with Crippen molar-refractivity contribution in [2.24, 2.45) is 0 Å². The zero-order valence-corrected chi connectivity index (χ0v) is 10.1. The Kier molecular flexibility index (Phi) is 4.23. The van der Waals surface area contributed by atoms with E-state index in [2.05, 4.69) is 11.4 Å². The molecule has 0 aliphatic carbocycles. The van der Waals surface area contributed by atoms with E-state index >= 15 is 0 Å². The fourth-order valence-corrected chi connectivity index (χ4v) is 1.79. The normalized spacial score (nSPS) is 15.6. The number of hydrogen-bond donors (Lipinski definition) is 2. The summed E-state index contributed by atoms with van der Waals surface area (Å²) in [5.41, 5.74) is 1.22. The van der Waals surface area contributed by atoms with Crippen LogP contribution in [0.25, 0.3) is 0 Å². The molecule has 17 heavy (non-hydrogen) atoms. The molecule has 0 fully saturated rings. The summed E-state index contributed by atoms with van der Waals surface area (Å²) in [5.74, 6) is 1.67. The van der Waals surface area contributed by atoms with Gasteiger partial charge >= 0.3 is 0 Å². The van der Waals surface area contributed by atoms with Crippen LogP contribution < -0.4 is 14.8 Å². The lowest BCUT2D eigenvalue weighted by molar-refractivity contribution is 0.171. The van der Waals surface area contributed by atoms with Crippen molar-refractivity contribution in [1.29, 1.82) is 0 Å². The summed E-state index contributed by atoms with van der Waals surface area (Å²) in [6, 6.07) is 6.04. The molecule has 1 aliphatic heterocycles. The van der Waals surface area contributed by atoms with Gasteiger partial charge in [-0.2, -0.15) is 0 Å². The third-order valence-corrected chi connectivity index (χ3v) is 2.64. The molecule has 0 aromatic heterocycles. The first-order chi connectivity index (χ1) is 8.25. The molecule has 1 aromatic rings. The Labute approximate surface area is 102 Å². The van der Waals surface area contributed by atoms with Crippen molar-refractivity contribution in [3.05, 3.63) is 23.8 Å². The van der Waals surface area contributed by atoms with E-state index in [9.17, 15) is 0 Å². The second-order valence-corrected chi connectivity index (χ2v) is 4.28. The van der Waals surface area contributed by atoms with Gasteiger partial charge in [0.1, 0.15) is 13.2 Å². The van der Waals surface area contributed by atoms with Crippen molar-refractivity contribution in [1.82, 2.24) is 5.32 Å². The summed E-state index contributed by atoms with van der Waals surface area (Å²) in [7, 11) is 0. The van der Waals surface area contributed by atoms with E-state index in [-0.39, 0.29) is 6.10 Å². The van der Waals surface area contributed by atoms with Crippen LogP contribution in [0.2, 0.25) is 0 Å². The third kappa shape index (κ3) is 3.61. The number of rotatable bonds is 5. The molecule has 2 N–H and O–H groups in total. The van der Waals surface area contributed by atoms with Gasteiger partial charge in [0, 0.05) is 6.54 Å². The van der Waals surface area contributed by atoms with Gasteiger partial charge in [-0.25, -0.2) is 0 Å². The van der Waals surface area contributed by atoms with Gasteiger partial charge in [-0.15, -0.1) is 0 Å². The highest BCUT2D eigenvalue weighted by Gasteiger charge is 2.11. The molecule has 1 aliphatic rings. The first kappa shape index (κ1) is 12.2. The van der Waals surface area contributed by atoms with E-state index < -0.39 is 0 Å². The monoisotopic (exact) mass is 237 g/mol. The molecule has 0 bridgehead atoms. The second-order valence-electron chi connectivity index (χ2n) is 4.28. The fourth-order valence-electron chi connectivity index (χ4n) is 1.79. The molecule has 4 heteroatoms. The van der Waals surface area contributed by atoms with Crippen LogP contribution in [0.3, 0.4) is 0 Å². The Morgan fingerprint density at radius 2 is 2.06 bits per heavy atom. The summed E-state index contributed by atoms with van der Waals surface area (Å²) < 4.78 is 11.0. The molecule has 0 spiro atoms. The first-order valence-corrected chi connectivity index (χ1v) is 6.03. The quantitative estimate of drug-likeness (QED) is 0.749. The van der Waals surface area contributed by atoms with Gasteiger partial charge in [0.25, 0.3) is 0 Å². The van der Waals surface area contributed by atoms with Crippen molar-refractivity contribution in [2.45, 2.75) is 19.4 Å². The highest BCUT2D eigenvalue weighted by Crippen LogP contribution is 2.30. The van der Waals surface area contributed by atoms with Crippen LogP contribution in [-0.4, -0.2) is 37.5 Å². The van der Waals surface area contributed by atoms with Crippen LogP contribution in [0.4, 0.5) is 0 Å². The molecule has 1 heterocycles. The smallest absolute Gasteiger partial charge is 0.161 e. The van der Waals surface area contributed by atoms with Crippen molar-refractivity contribution in [3.8, 4) is 11.5 Å². The van der Waals surface area contributed by atoms with Crippen LogP contribution in [0.1, 0.15) is 12.5 Å². The lowest BCUT2D eigenvalue weighted by Crippen LogP contribution is -2.26. The predicted octanol–water partition coefficient (Wildman–Crippen LogP) is 0.971. The van der Waals surface area contributed by atoms with E-state index in [4.69, 9.17) is 14.6 Å². The molecule has 0 radical (unpaired) electrons. The Hall–Kier alpha value is -1.26. The molecular formula is C13H19NO3. The minimum Gasteiger partial charge on any atom is -0.486 e. The number of fused-ring (bicyclic) bond motifs is 1. The van der Waals surface area contributed by atoms with Crippen LogP contribution >= 0.6 is 0 Å². The van der Waals surface area contributed by atoms with E-state index in [0.29, 0.717) is 19.8 Å². The third-order valence-electron chi connectivity index (χ3n) is 2.64. The Balaban J connectivity index is 1.85. The van der Waals surface area contributed by atoms with Crippen LogP contribution in [0.5, 0.6) is 11.5 Å². The van der Waals surface area contributed by atoms with E-state index in [0.717, 1.165) is 24.5 Å². The molecule has 1 atom stereocenters. The highest BCUT2D eigenvalue weighted by molar-refractivity contribution is 5.43. The Morgan fingerprint density at radius 1 is 1.29 bits per heavy atom. The maximum atomic E-state index is 9.11. The largest absolute Gasteiger partial charge is 0.486 e. The zero-order chi connectivity index (χ0) is 12.1. The first-order valence-electron chi connectivity index (χ1n) is 6.03. The van der Waals surface area contributed by atoms with Crippen molar-refractivity contribution < 1.29 is 14.6 Å². The Bertz CT molecular complexity index is 366. The number of ether oxygens (including phenoxy) is 2. The second kappa shape index (κ2) is 5.89. The summed E-state index contributed by atoms with van der Waals surface area (Å²) in [5, 5.41) is 12.3. The maximum absolute atomic E-state index is 9.11. The van der Waals surface area contributed by atoms with Crippen LogP contribution in [0, 0.1) is 0 Å². The molecule has 1 aromatic carbocycles. The molecule has 2 rings (SSSR count). The van der Waals surface area contributed by atoms with E-state index in [1.165, 1.54) is 5.56 Å². The SMILES string of the molecule is C[C@H](O)CNCCc1ccc2c(c1)OCCO2. The van der Waals surface area contributed by atoms with Crippen molar-refractivity contribution in [2.75, 3.05) is 26.3 Å². The zero-order valence-electron chi connectivity index (χ0n) is 10.1. The van der Waals surface area contributed by atoms with Gasteiger partial charge < -0.3 is 19.9 Å². The average Bonchev–Trinajstić information content (AvgIpc) is 2.34. The minimum atomic E-state index is -0.296. The number of benzene rings is 1. The molecule has 94 valence electrons. The summed E-state index contributed by atoms with van der Waals surface area (Å²) >= 11 is 0. The van der Waals surface area contributed by atoms with Crippen molar-refractivity contribution in [3.63, 3.8) is 0 Å². The number of aliphatic hydroxyl groups excluding tert-OH is 1. The maximum Gasteiger partial charge on any atom is 0.161 e. The summed E-state index contributed by atoms with van der Waals surface area (Å²) in [4.78, 5) is 0. The van der Waals surface area contributed by atoms with E-state index in [1.54, 1.807) is 6.92 Å². The molecule has 0 saturated carbocycles. The lowest BCUT2D eigenvalue weighted by Gasteiger charge is -2.18. The number of aliphatic hydroxyl groups is 1. The lowest BCUT2D eigenvalue weighted by atomic mass is 10.1. The molecule has 4 nitrogen and oxygen atoms in total. The van der Waals surface area contributed by atoms with Gasteiger partial charge in [0.15, 0.2) is 11.5 Å². The topological polar surface area (TPSA) is 50.7 Å². The minimum absolute atomic E-state index is 0.296. The summed E-state index contributed by atoms with van der Waals surface area (Å²) in [6.45, 7) is 4.51. The standard InChI is InChI=1S/C13H19NO3/c1-10(15)9-14-5-4-11-2-3-12-13(8-11)17-7-6-16-12/h2-3,8,10,14-15H,4-7,9H2,1H3/t10-/m0/s1. The van der Waals surface area contributed by atoms with Gasteiger partial charge in [-0.1, -0.05) is 6.07 Å². The number of nitrogens with one attached hydrogen (secondary N) is 1. The van der Waals surface area contributed by atoms with Gasteiger partial charge in [-0.05, 0) is 37.6 Å². The van der Waals surface area contributed by atoms with Gasteiger partial charge in [-0.3, -0.25) is 0 Å². The van der Waals surface area contributed by atoms with Gasteiger partial charge in [0.2, 0.25) is 0 Å². The molecule has 0 amide bonds. The highest BCUT2D eigenvalue weighted by atomic mass is 16.6. The Morgan fingerprint density at radius 3 is 2.82 bits per heavy atom. The fraction of sp³-hybridized carbons (Fsp3) is 0.538. The molecule has 0 saturated heterocycles. The molecular weight excluding hydrogens is 218 g/mol. The summed E-state index contributed by atoms with van der Waals surface area (Å²) in [6.07, 6.45) is 0.624. The van der Waals surface area contributed by atoms with Crippen LogP contribution in [-0.2, 0) is 6.42 Å². The predicted molar refractivity (Wildman–Crippen MR) is 65.7 cm³/mol. The van der Waals surface area contributed by atoms with E-state index in [1.807, 2.05) is 12.1 Å². The van der Waals surface area contributed by atoms with Crippen molar-refractivity contribution >= 4 is 0 Å². The van der Waals surface area contributed by atoms with Gasteiger partial charge in [0.05, 0.1) is 6.10 Å². The molecule has 0 unspecified atom stereocenters. The number of hydrogen-bond acceptors (Lipinski definition) is 4. The van der Waals surface area contributed by atoms with Crippen LogP contribution in [0.15, 0.2) is 18.2 Å².